The average molecular weight is 729 g/mol. The Labute approximate surface area is 331 Å². The van der Waals surface area contributed by atoms with Gasteiger partial charge < -0.3 is 9.97 Å². The Morgan fingerprint density at radius 1 is 0.357 bits per heavy atom. The number of aromatic amines is 2. The van der Waals surface area contributed by atoms with Gasteiger partial charge in [0.15, 0.2) is 0 Å². The molecule has 4 aromatic carbocycles. The van der Waals surface area contributed by atoms with Crippen molar-refractivity contribution in [3.8, 4) is 44.5 Å². The third-order valence-corrected chi connectivity index (χ3v) is 9.13. The largest absolute Gasteiger partial charge is 0.355 e. The summed E-state index contributed by atoms with van der Waals surface area (Å²) in [5.41, 5.74) is 10.8. The first-order valence-electron chi connectivity index (χ1n) is 18.5. The van der Waals surface area contributed by atoms with Crippen LogP contribution in [0.3, 0.4) is 0 Å². The molecule has 0 bridgehead atoms. The first kappa shape index (κ1) is 39.9. The topological polar surface area (TPSA) is 57.4 Å². The first-order chi connectivity index (χ1) is 27.5. The molecule has 1 aromatic heterocycles. The van der Waals surface area contributed by atoms with E-state index in [2.05, 4.69) is 73.7 Å². The highest BCUT2D eigenvalue weighted by molar-refractivity contribution is 5.83. The summed E-state index contributed by atoms with van der Waals surface area (Å²) in [5.74, 6) is 0. The summed E-state index contributed by atoms with van der Waals surface area (Å²) in [7, 11) is 0. The lowest BCUT2D eigenvalue weighted by Gasteiger charge is -2.13. The summed E-state index contributed by atoms with van der Waals surface area (Å²) in [6, 6.07) is 40.5. The molecule has 56 heavy (non-hydrogen) atoms. The molecule has 0 radical (unpaired) electrons. The fourth-order valence-corrected chi connectivity index (χ4v) is 6.54. The van der Waals surface area contributed by atoms with Crippen LogP contribution in [0.4, 0.5) is 0 Å². The van der Waals surface area contributed by atoms with Crippen LogP contribution in [0.5, 0.6) is 0 Å². The molecule has 5 aromatic rings. The molecule has 276 valence electrons. The Morgan fingerprint density at radius 3 is 0.875 bits per heavy atom. The van der Waals surface area contributed by atoms with Crippen molar-refractivity contribution in [2.24, 2.45) is 0 Å². The number of H-pyrrole nitrogens is 2. The van der Waals surface area contributed by atoms with Crippen LogP contribution in [-0.2, 0) is 0 Å². The van der Waals surface area contributed by atoms with Crippen LogP contribution < -0.4 is 10.7 Å². The van der Waals surface area contributed by atoms with E-state index in [0.717, 1.165) is 55.2 Å². The number of benzene rings is 4. The molecule has 0 spiro atoms. The quantitative estimate of drug-likeness (QED) is 0.150. The van der Waals surface area contributed by atoms with Crippen molar-refractivity contribution < 1.29 is 0 Å². The maximum Gasteiger partial charge on any atom is 0.0730 e. The molecular formula is C52H48N4. The predicted octanol–water partition coefficient (Wildman–Crippen LogP) is 12.6. The van der Waals surface area contributed by atoms with Gasteiger partial charge in [0, 0.05) is 44.3 Å². The number of rotatable bonds is 10. The van der Waals surface area contributed by atoms with E-state index in [-0.39, 0.29) is 0 Å². The zero-order chi connectivity index (χ0) is 39.9. The van der Waals surface area contributed by atoms with E-state index >= 15 is 0 Å². The van der Waals surface area contributed by atoms with Gasteiger partial charge in [0.25, 0.3) is 0 Å². The minimum absolute atomic E-state index is 0.608. The number of nitrogens with one attached hydrogen (secondary N) is 2. The lowest BCUT2D eigenvalue weighted by atomic mass is 9.99. The van der Waals surface area contributed by atoms with Crippen LogP contribution in [0.25, 0.3) is 93.1 Å². The fourth-order valence-electron chi connectivity index (χ4n) is 6.54. The second-order valence-corrected chi connectivity index (χ2v) is 12.4. The van der Waals surface area contributed by atoms with Gasteiger partial charge in [-0.25, -0.2) is 9.97 Å². The van der Waals surface area contributed by atoms with Crippen LogP contribution >= 0.6 is 0 Å². The van der Waals surface area contributed by atoms with Gasteiger partial charge in [0.1, 0.15) is 0 Å². The summed E-state index contributed by atoms with van der Waals surface area (Å²) >= 11 is 0. The zero-order valence-corrected chi connectivity index (χ0v) is 32.3. The van der Waals surface area contributed by atoms with Crippen molar-refractivity contribution in [1.82, 2.24) is 19.9 Å². The molecule has 0 aliphatic carbocycles. The molecule has 0 aliphatic heterocycles. The monoisotopic (exact) mass is 728 g/mol. The lowest BCUT2D eigenvalue weighted by Crippen LogP contribution is -2.22. The van der Waals surface area contributed by atoms with E-state index < -0.39 is 0 Å². The van der Waals surface area contributed by atoms with Crippen molar-refractivity contribution in [3.05, 3.63) is 206 Å². The molecule has 2 N–H and O–H groups in total. The maximum atomic E-state index is 5.38. The highest BCUT2D eigenvalue weighted by Gasteiger charge is 2.14. The second-order valence-electron chi connectivity index (χ2n) is 12.4. The van der Waals surface area contributed by atoms with Crippen LogP contribution in [0.1, 0.15) is 48.0 Å². The SMILES string of the molecule is C=Cc1nc(C=C)c(-c2ccccc2)/c(=C/C)[nH]/c(=C\C)c(-c2ccccc2)c(C=C)nc(C=C)c(-c2ccccc2)c(C=C)[nH]c(C=C)c1-c1ccccc1. The van der Waals surface area contributed by atoms with Crippen LogP contribution in [0.15, 0.2) is 161 Å². The van der Waals surface area contributed by atoms with Crippen molar-refractivity contribution in [2.75, 3.05) is 0 Å². The van der Waals surface area contributed by atoms with Crippen LogP contribution in [-0.4, -0.2) is 19.9 Å². The molecule has 0 amide bonds. The fraction of sp³-hybridized carbons (Fsp3) is 0.0385. The first-order valence-corrected chi connectivity index (χ1v) is 18.5. The summed E-state index contributed by atoms with van der Waals surface area (Å²) < 4.78 is 0. The zero-order valence-electron chi connectivity index (χ0n) is 32.3. The molecule has 0 aliphatic rings. The van der Waals surface area contributed by atoms with Gasteiger partial charge in [-0.05, 0) is 72.6 Å². The van der Waals surface area contributed by atoms with Gasteiger partial charge in [0.2, 0.25) is 0 Å². The maximum absolute atomic E-state index is 5.38. The Bertz CT molecular complexity index is 2390. The molecule has 0 unspecified atom stereocenters. The van der Waals surface area contributed by atoms with E-state index in [0.29, 0.717) is 34.2 Å². The standard InChI is InChI=1S/C52H48N4/c1-9-41-49(37-29-21-17-22-30-37)42(10-2)54-45(13-5)51(39-33-25-19-26-34-39)46(14-6)56-48(16-8)52(40-35-27-20-28-36-40)47(15-7)55-44(12-4)50(43(11-3)53-41)38-31-23-18-24-32-38/h9-36,53,56H,1-5,7H2,6,8H3/b46-14-,48-16-,49-41?,50-43?,51-45?,52-47?,54-42?,55-44?. The summed E-state index contributed by atoms with van der Waals surface area (Å²) in [4.78, 5) is 18.3. The average Bonchev–Trinajstić information content (AvgIpc) is 3.26. The van der Waals surface area contributed by atoms with E-state index in [1.54, 1.807) is 36.5 Å². The highest BCUT2D eigenvalue weighted by Crippen LogP contribution is 2.31. The Kier molecular flexibility index (Phi) is 14.0. The van der Waals surface area contributed by atoms with E-state index in [1.165, 1.54) is 0 Å². The van der Waals surface area contributed by atoms with E-state index in [9.17, 15) is 0 Å². The third kappa shape index (κ3) is 8.90. The van der Waals surface area contributed by atoms with Gasteiger partial charge in [0.05, 0.1) is 22.8 Å². The Hall–Kier alpha value is -7.30. The molecule has 1 heterocycles. The molecular weight excluding hydrogens is 681 g/mol. The Balaban J connectivity index is 2.31. The molecule has 4 nitrogen and oxygen atoms in total. The summed E-state index contributed by atoms with van der Waals surface area (Å²) in [5, 5.41) is 1.63. The minimum Gasteiger partial charge on any atom is -0.355 e. The third-order valence-electron chi connectivity index (χ3n) is 9.13. The van der Waals surface area contributed by atoms with Gasteiger partial charge in [-0.2, -0.15) is 0 Å². The number of aromatic nitrogens is 4. The van der Waals surface area contributed by atoms with Crippen molar-refractivity contribution in [2.45, 2.75) is 13.8 Å². The smallest absolute Gasteiger partial charge is 0.0730 e. The molecule has 0 saturated heterocycles. The van der Waals surface area contributed by atoms with Crippen molar-refractivity contribution in [1.29, 1.82) is 0 Å². The van der Waals surface area contributed by atoms with Crippen LogP contribution in [0.2, 0.25) is 0 Å². The van der Waals surface area contributed by atoms with Gasteiger partial charge in [-0.15, -0.1) is 0 Å². The highest BCUT2D eigenvalue weighted by atomic mass is 14.8. The Morgan fingerprint density at radius 2 is 0.625 bits per heavy atom. The second kappa shape index (κ2) is 19.7. The van der Waals surface area contributed by atoms with Crippen LogP contribution in [0, 0.1) is 0 Å². The van der Waals surface area contributed by atoms with Gasteiger partial charge in [-0.3, -0.25) is 0 Å². The number of hydrogen-bond acceptors (Lipinski definition) is 2. The van der Waals surface area contributed by atoms with Crippen molar-refractivity contribution >= 4 is 48.6 Å². The molecule has 4 heteroatoms. The number of hydrogen-bond donors (Lipinski definition) is 2. The van der Waals surface area contributed by atoms with Gasteiger partial charge in [-0.1, -0.05) is 173 Å². The minimum atomic E-state index is 0.608. The predicted molar refractivity (Wildman–Crippen MR) is 245 cm³/mol. The molecule has 0 saturated carbocycles. The molecule has 0 atom stereocenters. The van der Waals surface area contributed by atoms with Crippen molar-refractivity contribution in [3.63, 3.8) is 0 Å². The number of nitrogens with zero attached hydrogens (tertiary/aromatic N) is 2. The lowest BCUT2D eigenvalue weighted by molar-refractivity contribution is 1.17. The molecule has 0 fully saturated rings. The van der Waals surface area contributed by atoms with Gasteiger partial charge >= 0.3 is 0 Å². The van der Waals surface area contributed by atoms with E-state index in [4.69, 9.17) is 9.97 Å². The summed E-state index contributed by atoms with van der Waals surface area (Å²) in [6.07, 6.45) is 14.8. The summed E-state index contributed by atoms with van der Waals surface area (Å²) in [6.45, 7) is 29.7. The molecule has 5 rings (SSSR count). The normalized spacial score (nSPS) is 11.0. The van der Waals surface area contributed by atoms with E-state index in [1.807, 2.05) is 123 Å².